The molecule has 3 rings (SSSR count). The maximum absolute atomic E-state index is 10.6. The first-order valence-corrected chi connectivity index (χ1v) is 6.39. The van der Waals surface area contributed by atoms with E-state index in [1.165, 1.54) is 23.5 Å². The number of thiazole rings is 1. The lowest BCUT2D eigenvalue weighted by Gasteiger charge is -1.95. The molecule has 0 spiro atoms. The lowest BCUT2D eigenvalue weighted by atomic mass is 10.3. The summed E-state index contributed by atoms with van der Waals surface area (Å²) in [6.07, 6.45) is 0. The topological polar surface area (TPSA) is 108 Å². The zero-order valence-electron chi connectivity index (χ0n) is 10.0. The molecule has 0 saturated carbocycles. The number of hydrogen-bond donors (Lipinski definition) is 1. The molecule has 3 aromatic rings. The van der Waals surface area contributed by atoms with Crippen molar-refractivity contribution in [3.8, 4) is 0 Å². The van der Waals surface area contributed by atoms with E-state index in [-0.39, 0.29) is 11.6 Å². The summed E-state index contributed by atoms with van der Waals surface area (Å²) in [6, 6.07) is 10.3. The van der Waals surface area contributed by atoms with Crippen LogP contribution in [0.4, 0.5) is 5.88 Å². The van der Waals surface area contributed by atoms with Crippen molar-refractivity contribution in [3.05, 3.63) is 57.3 Å². The lowest BCUT2D eigenvalue weighted by molar-refractivity contribution is -0.402. The van der Waals surface area contributed by atoms with Gasteiger partial charge in [-0.25, -0.2) is 4.98 Å². The molecule has 8 heteroatoms. The summed E-state index contributed by atoms with van der Waals surface area (Å²) in [6.45, 7) is 0. The monoisotopic (exact) mass is 288 g/mol. The first-order valence-electron chi connectivity index (χ1n) is 5.57. The first kappa shape index (κ1) is 12.3. The van der Waals surface area contributed by atoms with Gasteiger partial charge in [0.25, 0.3) is 0 Å². The highest BCUT2D eigenvalue weighted by Crippen LogP contribution is 2.25. The zero-order chi connectivity index (χ0) is 14.1. The van der Waals surface area contributed by atoms with Gasteiger partial charge in [-0.1, -0.05) is 12.1 Å². The van der Waals surface area contributed by atoms with E-state index in [4.69, 9.17) is 10.3 Å². The average molecular weight is 288 g/mol. The van der Waals surface area contributed by atoms with Gasteiger partial charge >= 0.3 is 5.88 Å². The van der Waals surface area contributed by atoms with Crippen molar-refractivity contribution in [2.24, 2.45) is 10.9 Å². The Hall–Kier alpha value is -2.74. The van der Waals surface area contributed by atoms with E-state index in [1.54, 1.807) is 0 Å². The molecule has 7 nitrogen and oxygen atoms in total. The van der Waals surface area contributed by atoms with Gasteiger partial charge in [0.2, 0.25) is 0 Å². The second-order valence-electron chi connectivity index (χ2n) is 3.86. The van der Waals surface area contributed by atoms with Gasteiger partial charge in [-0.2, -0.15) is 5.10 Å². The Morgan fingerprint density at radius 1 is 1.35 bits per heavy atom. The van der Waals surface area contributed by atoms with Crippen molar-refractivity contribution >= 4 is 33.1 Å². The highest BCUT2D eigenvalue weighted by molar-refractivity contribution is 7.20. The van der Waals surface area contributed by atoms with E-state index in [0.29, 0.717) is 10.7 Å². The maximum Gasteiger partial charge on any atom is 0.433 e. The largest absolute Gasteiger partial charge is 0.433 e. The molecule has 1 aromatic carbocycles. The van der Waals surface area contributed by atoms with Crippen LogP contribution < -0.4 is 5.84 Å². The van der Waals surface area contributed by atoms with Gasteiger partial charge in [0.1, 0.15) is 9.93 Å². The molecule has 0 radical (unpaired) electrons. The van der Waals surface area contributed by atoms with Crippen molar-refractivity contribution in [2.45, 2.75) is 0 Å². The Bertz CT molecular complexity index is 788. The number of rotatable bonds is 3. The number of furan rings is 1. The van der Waals surface area contributed by atoms with Gasteiger partial charge in [-0.15, -0.1) is 11.3 Å². The Morgan fingerprint density at radius 3 is 2.80 bits per heavy atom. The fraction of sp³-hybridized carbons (Fsp3) is 0. The van der Waals surface area contributed by atoms with Crippen LogP contribution in [0.15, 0.2) is 45.9 Å². The second-order valence-corrected chi connectivity index (χ2v) is 4.89. The van der Waals surface area contributed by atoms with Crippen LogP contribution in [-0.2, 0) is 0 Å². The molecule has 0 amide bonds. The third-order valence-corrected chi connectivity index (χ3v) is 3.67. The number of nitrogens with zero attached hydrogens (tertiary/aromatic N) is 3. The third kappa shape index (κ3) is 2.01. The Morgan fingerprint density at radius 2 is 2.15 bits per heavy atom. The molecule has 2 aromatic heterocycles. The fourth-order valence-electron chi connectivity index (χ4n) is 1.75. The van der Waals surface area contributed by atoms with E-state index >= 15 is 0 Å². The summed E-state index contributed by atoms with van der Waals surface area (Å²) in [4.78, 5) is 14.4. The van der Waals surface area contributed by atoms with Gasteiger partial charge in [-0.05, 0) is 18.2 Å². The molecule has 0 saturated heterocycles. The summed E-state index contributed by atoms with van der Waals surface area (Å²) in [5.41, 5.74) is 1.11. The molecule has 2 heterocycles. The van der Waals surface area contributed by atoms with Crippen molar-refractivity contribution in [3.63, 3.8) is 0 Å². The minimum absolute atomic E-state index is 0.221. The van der Waals surface area contributed by atoms with Crippen molar-refractivity contribution in [1.29, 1.82) is 0 Å². The smallest absolute Gasteiger partial charge is 0.399 e. The van der Waals surface area contributed by atoms with Crippen LogP contribution in [-0.4, -0.2) is 15.6 Å². The summed E-state index contributed by atoms with van der Waals surface area (Å²) in [5.74, 6) is 5.23. The van der Waals surface area contributed by atoms with Gasteiger partial charge in [0.05, 0.1) is 16.3 Å². The van der Waals surface area contributed by atoms with E-state index in [9.17, 15) is 10.1 Å². The van der Waals surface area contributed by atoms with Crippen LogP contribution in [0, 0.1) is 10.1 Å². The van der Waals surface area contributed by atoms with E-state index < -0.39 is 4.92 Å². The molecule has 0 aliphatic carbocycles. The molecule has 0 fully saturated rings. The molecule has 0 aliphatic rings. The number of nitro groups is 1. The zero-order valence-corrected chi connectivity index (χ0v) is 10.8. The molecular formula is C12H8N4O3S. The molecule has 0 aliphatic heterocycles. The van der Waals surface area contributed by atoms with E-state index in [1.807, 2.05) is 24.3 Å². The maximum atomic E-state index is 10.6. The van der Waals surface area contributed by atoms with E-state index in [0.717, 1.165) is 10.2 Å². The number of nitrogens with two attached hydrogens (primary N) is 1. The predicted octanol–water partition coefficient (Wildman–Crippen LogP) is 2.51. The van der Waals surface area contributed by atoms with Crippen molar-refractivity contribution in [2.75, 3.05) is 0 Å². The molecule has 0 unspecified atom stereocenters. The van der Waals surface area contributed by atoms with Crippen molar-refractivity contribution < 1.29 is 9.34 Å². The van der Waals surface area contributed by atoms with Crippen LogP contribution >= 0.6 is 11.3 Å². The molecule has 0 atom stereocenters. The second kappa shape index (κ2) is 4.74. The van der Waals surface area contributed by atoms with Crippen LogP contribution in [0.5, 0.6) is 0 Å². The Labute approximate surface area is 116 Å². The number of hydrogen-bond acceptors (Lipinski definition) is 7. The summed E-state index contributed by atoms with van der Waals surface area (Å²) in [5, 5.41) is 14.8. The first-order chi connectivity index (χ1) is 9.69. The number of aromatic nitrogens is 1. The highest BCUT2D eigenvalue weighted by Gasteiger charge is 2.20. The van der Waals surface area contributed by atoms with Crippen LogP contribution in [0.2, 0.25) is 0 Å². The number of para-hydroxylation sites is 1. The molecule has 2 N–H and O–H groups in total. The number of benzene rings is 1. The number of hydrazone groups is 1. The normalized spacial score (nSPS) is 11.9. The van der Waals surface area contributed by atoms with Gasteiger partial charge in [-0.3, -0.25) is 10.1 Å². The third-order valence-electron chi connectivity index (χ3n) is 2.63. The van der Waals surface area contributed by atoms with Gasteiger partial charge in [0.15, 0.2) is 11.5 Å². The predicted molar refractivity (Wildman–Crippen MR) is 74.8 cm³/mol. The fourth-order valence-corrected chi connectivity index (χ4v) is 2.72. The number of fused-ring (bicyclic) bond motifs is 1. The van der Waals surface area contributed by atoms with Gasteiger partial charge < -0.3 is 10.3 Å². The summed E-state index contributed by atoms with van der Waals surface area (Å²) < 4.78 is 6.08. The van der Waals surface area contributed by atoms with Crippen LogP contribution in [0.1, 0.15) is 10.8 Å². The molecule has 0 bridgehead atoms. The Balaban J connectivity index is 2.06. The minimum Gasteiger partial charge on any atom is -0.399 e. The molecular weight excluding hydrogens is 280 g/mol. The van der Waals surface area contributed by atoms with Crippen molar-refractivity contribution in [1.82, 2.24) is 4.98 Å². The molecule has 20 heavy (non-hydrogen) atoms. The highest BCUT2D eigenvalue weighted by atomic mass is 32.1. The Kier molecular flexibility index (Phi) is 2.92. The lowest BCUT2D eigenvalue weighted by Crippen LogP contribution is -2.04. The SMILES string of the molecule is NN=C(c1ccc([N+](=O)[O-])o1)c1nc2ccccc2s1. The average Bonchev–Trinajstić information content (AvgIpc) is 3.06. The standard InChI is InChI=1S/C12H8N4O3S/c13-15-11(8-5-6-10(19-8)16(17)18)12-14-7-3-1-2-4-9(7)20-12/h1-6H,13H2. The summed E-state index contributed by atoms with van der Waals surface area (Å²) in [7, 11) is 0. The van der Waals surface area contributed by atoms with E-state index in [2.05, 4.69) is 10.1 Å². The molecule has 100 valence electrons. The minimum atomic E-state index is -0.615. The van der Waals surface area contributed by atoms with Crippen LogP contribution in [0.3, 0.4) is 0 Å². The van der Waals surface area contributed by atoms with Crippen LogP contribution in [0.25, 0.3) is 10.2 Å². The quantitative estimate of drug-likeness (QED) is 0.345. The summed E-state index contributed by atoms with van der Waals surface area (Å²) >= 11 is 1.39. The van der Waals surface area contributed by atoms with Gasteiger partial charge in [0, 0.05) is 0 Å².